The van der Waals surface area contributed by atoms with Crippen molar-refractivity contribution in [3.63, 3.8) is 0 Å². The summed E-state index contributed by atoms with van der Waals surface area (Å²) >= 11 is -0.170. The van der Waals surface area contributed by atoms with Crippen molar-refractivity contribution in [1.29, 1.82) is 0 Å². The van der Waals surface area contributed by atoms with Gasteiger partial charge in [0.15, 0.2) is 5.76 Å². The summed E-state index contributed by atoms with van der Waals surface area (Å²) in [7, 11) is -4.50. The van der Waals surface area contributed by atoms with Crippen molar-refractivity contribution in [2.24, 2.45) is 0 Å². The number of nitrogens with zero attached hydrogens (tertiary/aromatic N) is 1. The highest BCUT2D eigenvalue weighted by atomic mass is 32.2. The van der Waals surface area contributed by atoms with Crippen LogP contribution in [0.1, 0.15) is 46.6 Å². The quantitative estimate of drug-likeness (QED) is 0.302. The van der Waals surface area contributed by atoms with Gasteiger partial charge in [0.1, 0.15) is 24.0 Å². The van der Waals surface area contributed by atoms with Gasteiger partial charge in [0.25, 0.3) is 0 Å². The van der Waals surface area contributed by atoms with Crippen molar-refractivity contribution in [2.75, 3.05) is 13.2 Å². The van der Waals surface area contributed by atoms with Crippen molar-refractivity contribution in [2.45, 2.75) is 81.3 Å². The number of ether oxygens (including phenoxy) is 3. The fraction of sp³-hybridized carbons (Fsp3) is 0.519. The van der Waals surface area contributed by atoms with Crippen LogP contribution in [-0.4, -0.2) is 68.0 Å². The summed E-state index contributed by atoms with van der Waals surface area (Å²) in [6.45, 7) is 8.44. The number of halogens is 3. The van der Waals surface area contributed by atoms with Gasteiger partial charge >= 0.3 is 21.9 Å². The predicted molar refractivity (Wildman–Crippen MR) is 154 cm³/mol. The van der Waals surface area contributed by atoms with Crippen LogP contribution >= 0.6 is 11.8 Å². The summed E-state index contributed by atoms with van der Waals surface area (Å²) in [4.78, 5) is 12.0. The van der Waals surface area contributed by atoms with E-state index in [0.717, 1.165) is 0 Å². The van der Waals surface area contributed by atoms with Crippen molar-refractivity contribution >= 4 is 33.9 Å². The zero-order valence-electron chi connectivity index (χ0n) is 24.6. The lowest BCUT2D eigenvalue weighted by atomic mass is 10.1. The highest BCUT2D eigenvalue weighted by Crippen LogP contribution is 2.41. The Labute approximate surface area is 257 Å². The van der Waals surface area contributed by atoms with Gasteiger partial charge < -0.3 is 25.0 Å². The third-order valence-electron chi connectivity index (χ3n) is 6.60. The topological polar surface area (TPSA) is 139 Å². The second-order valence-electron chi connectivity index (χ2n) is 11.8. The molecular formula is C27H34F3N5O7S2. The van der Waals surface area contributed by atoms with Crippen LogP contribution in [-0.2, 0) is 28.7 Å². The number of hydrazine groups is 1. The number of fused-ring (bicyclic) bond motifs is 2. The van der Waals surface area contributed by atoms with Crippen molar-refractivity contribution in [3.05, 3.63) is 59.0 Å². The van der Waals surface area contributed by atoms with E-state index in [1.165, 1.54) is 12.1 Å². The van der Waals surface area contributed by atoms with Gasteiger partial charge in [-0.2, -0.15) is 31.3 Å². The minimum absolute atomic E-state index is 0.0818. The molecule has 0 spiro atoms. The fourth-order valence-corrected chi connectivity index (χ4v) is 6.22. The molecule has 3 aliphatic heterocycles. The third kappa shape index (κ3) is 8.00. The first kappa shape index (κ1) is 32.4. The number of carbonyl (C=O) groups excluding carboxylic acids is 1. The van der Waals surface area contributed by atoms with Crippen molar-refractivity contribution in [1.82, 2.24) is 25.8 Å². The van der Waals surface area contributed by atoms with Crippen LogP contribution in [0, 0.1) is 0 Å². The maximum absolute atomic E-state index is 12.9. The monoisotopic (exact) mass is 661 g/mol. The Balaban J connectivity index is 1.28. The van der Waals surface area contributed by atoms with E-state index in [0.29, 0.717) is 41.3 Å². The summed E-state index contributed by atoms with van der Waals surface area (Å²) in [5.41, 5.74) is 0.253. The Bertz CT molecular complexity index is 1510. The molecule has 1 aromatic rings. The number of thioether (sulfide) groups is 1. The van der Waals surface area contributed by atoms with Gasteiger partial charge in [0.2, 0.25) is 5.79 Å². The Hall–Kier alpha value is -2.96. The van der Waals surface area contributed by atoms with Crippen LogP contribution in [0.4, 0.5) is 18.0 Å². The van der Waals surface area contributed by atoms with E-state index in [9.17, 15) is 26.4 Å². The molecule has 4 N–H and O–H groups in total. The van der Waals surface area contributed by atoms with E-state index in [2.05, 4.69) is 16.1 Å². The van der Waals surface area contributed by atoms with E-state index in [1.54, 1.807) is 57.5 Å². The second kappa shape index (κ2) is 11.8. The van der Waals surface area contributed by atoms with Gasteiger partial charge in [-0.25, -0.2) is 8.98 Å². The van der Waals surface area contributed by atoms with Gasteiger partial charge in [-0.05, 0) is 74.4 Å². The van der Waals surface area contributed by atoms with Crippen LogP contribution < -0.4 is 20.8 Å². The number of nitrogens with one attached hydrogen (secondary N) is 4. The number of hydrogen-bond donors (Lipinski definition) is 4. The smallest absolute Gasteiger partial charge is 0.446 e. The van der Waals surface area contributed by atoms with E-state index in [1.807, 2.05) is 11.1 Å². The van der Waals surface area contributed by atoms with Gasteiger partial charge in [0.05, 0.1) is 18.0 Å². The summed E-state index contributed by atoms with van der Waals surface area (Å²) in [5, 5.41) is 8.71. The Morgan fingerprint density at radius 3 is 2.70 bits per heavy atom. The molecule has 4 aliphatic rings. The average molecular weight is 662 g/mol. The van der Waals surface area contributed by atoms with Crippen LogP contribution in [0.3, 0.4) is 0 Å². The van der Waals surface area contributed by atoms with E-state index < -0.39 is 46.0 Å². The number of benzene rings is 1. The normalized spacial score (nSPS) is 25.0. The first-order valence-corrected chi connectivity index (χ1v) is 15.9. The fourth-order valence-electron chi connectivity index (χ4n) is 5.02. The molecule has 1 aromatic carbocycles. The first-order valence-electron chi connectivity index (χ1n) is 13.7. The van der Waals surface area contributed by atoms with Gasteiger partial charge in [-0.1, -0.05) is 12.1 Å². The second-order valence-corrected chi connectivity index (χ2v) is 14.3. The zero-order valence-corrected chi connectivity index (χ0v) is 26.2. The molecule has 1 aliphatic carbocycles. The molecule has 3 heterocycles. The summed E-state index contributed by atoms with van der Waals surface area (Å²) in [6, 6.07) is 6.21. The van der Waals surface area contributed by atoms with Crippen LogP contribution in [0.2, 0.25) is 0 Å². The highest BCUT2D eigenvalue weighted by Gasteiger charge is 2.46. The minimum atomic E-state index is -4.50. The molecule has 0 aromatic heterocycles. The molecule has 2 saturated heterocycles. The molecule has 3 atom stereocenters. The summed E-state index contributed by atoms with van der Waals surface area (Å²) in [6.07, 6.45) is 1.76. The lowest BCUT2D eigenvalue weighted by molar-refractivity contribution is -0.129. The van der Waals surface area contributed by atoms with Crippen molar-refractivity contribution < 1.29 is 44.8 Å². The SMILES string of the molecule is CC(C)(C)OC(=O)NS(=O)(=O)OCC1=CC(NC2CCNC3C=C(c4cccc(SC(F)(F)F)c4)NN32)=C2OC(C)(C)O[C@H]12. The minimum Gasteiger partial charge on any atom is -0.462 e. The van der Waals surface area contributed by atoms with E-state index in [-0.39, 0.29) is 29.0 Å². The third-order valence-corrected chi connectivity index (χ3v) is 8.16. The molecule has 0 bridgehead atoms. The molecule has 2 unspecified atom stereocenters. The molecule has 242 valence electrons. The lowest BCUT2D eigenvalue weighted by Gasteiger charge is -2.39. The molecule has 17 heteroatoms. The summed E-state index contributed by atoms with van der Waals surface area (Å²) < 4.78 is 87.5. The van der Waals surface area contributed by atoms with Crippen molar-refractivity contribution in [3.8, 4) is 0 Å². The van der Waals surface area contributed by atoms with Gasteiger partial charge in [-0.3, -0.25) is 5.32 Å². The number of allylic oxidation sites excluding steroid dienone is 1. The Morgan fingerprint density at radius 2 is 2.00 bits per heavy atom. The largest absolute Gasteiger partial charge is 0.462 e. The van der Waals surface area contributed by atoms with Crippen LogP contribution in [0.25, 0.3) is 5.70 Å². The van der Waals surface area contributed by atoms with E-state index >= 15 is 0 Å². The molecule has 0 radical (unpaired) electrons. The molecule has 2 fully saturated rings. The van der Waals surface area contributed by atoms with Crippen LogP contribution in [0.15, 0.2) is 58.3 Å². The first-order chi connectivity index (χ1) is 20.4. The van der Waals surface area contributed by atoms with Crippen LogP contribution in [0.5, 0.6) is 0 Å². The molecular weight excluding hydrogens is 627 g/mol. The van der Waals surface area contributed by atoms with E-state index in [4.69, 9.17) is 18.4 Å². The number of amides is 1. The number of hydrogen-bond acceptors (Lipinski definition) is 12. The number of carbonyl (C=O) groups is 1. The summed E-state index contributed by atoms with van der Waals surface area (Å²) in [5.74, 6) is -0.554. The zero-order chi connectivity index (χ0) is 32.1. The molecule has 1 amide bonds. The number of alkyl halides is 3. The standard InChI is InChI=1S/C27H34F3N5O7S2/c1-25(2,3)42-24(36)34-44(37,38)39-14-16-12-19(23-22(16)40-26(4,5)41-23)32-20-9-10-31-21-13-18(33-35(20)21)15-7-6-8-17(11-15)43-27(28,29)30/h6-8,11-13,20-22,31-33H,9-10,14H2,1-5H3,(H,34,36)/t20?,21?,22-/m1/s1. The Kier molecular flexibility index (Phi) is 8.67. The maximum atomic E-state index is 12.9. The average Bonchev–Trinajstić information content (AvgIpc) is 3.52. The number of rotatable bonds is 8. The highest BCUT2D eigenvalue weighted by molar-refractivity contribution is 8.00. The van der Waals surface area contributed by atoms with Gasteiger partial charge in [-0.15, -0.1) is 0 Å². The molecule has 5 rings (SSSR count). The Morgan fingerprint density at radius 1 is 1.25 bits per heavy atom. The van der Waals surface area contributed by atoms with Gasteiger partial charge in [0, 0.05) is 25.3 Å². The molecule has 0 saturated carbocycles. The lowest BCUT2D eigenvalue weighted by Crippen LogP contribution is -2.61. The maximum Gasteiger partial charge on any atom is 0.446 e. The molecule has 44 heavy (non-hydrogen) atoms. The predicted octanol–water partition coefficient (Wildman–Crippen LogP) is 3.78. The molecule has 12 nitrogen and oxygen atoms in total.